The molecule has 3 aromatic rings. The second kappa shape index (κ2) is 8.14. The standard InChI is InChI=1S/C26H27N3O4/c30-25-13-18(16-29(25)19-5-6-23-24(14-19)33-12-11-32-23)26(31)28-9-7-17(8-10-28)21-15-27-22-4-2-1-3-20(21)22/h1-6,14-15,17-18,27H,7-13,16H2. The van der Waals surface area contributed by atoms with Gasteiger partial charge < -0.3 is 24.3 Å². The van der Waals surface area contributed by atoms with Crippen LogP contribution in [0, 0.1) is 5.92 Å². The summed E-state index contributed by atoms with van der Waals surface area (Å²) in [6.07, 6.45) is 4.27. The first kappa shape index (κ1) is 20.1. The number of likely N-dealkylation sites (tertiary alicyclic amines) is 1. The number of H-pyrrole nitrogens is 1. The number of carbonyl (C=O) groups is 2. The van der Waals surface area contributed by atoms with Gasteiger partial charge in [-0.25, -0.2) is 0 Å². The van der Waals surface area contributed by atoms with Gasteiger partial charge in [0.05, 0.1) is 5.92 Å². The van der Waals surface area contributed by atoms with Crippen molar-refractivity contribution >= 4 is 28.4 Å². The molecule has 3 aliphatic rings. The Morgan fingerprint density at radius 2 is 1.79 bits per heavy atom. The number of fused-ring (bicyclic) bond motifs is 2. The highest BCUT2D eigenvalue weighted by molar-refractivity contribution is 6.00. The van der Waals surface area contributed by atoms with Gasteiger partial charge in [0.1, 0.15) is 13.2 Å². The van der Waals surface area contributed by atoms with E-state index in [0.717, 1.165) is 37.1 Å². The van der Waals surface area contributed by atoms with E-state index in [9.17, 15) is 9.59 Å². The van der Waals surface area contributed by atoms with Crippen molar-refractivity contribution in [1.29, 1.82) is 0 Å². The van der Waals surface area contributed by atoms with Crippen molar-refractivity contribution in [1.82, 2.24) is 9.88 Å². The quantitative estimate of drug-likeness (QED) is 0.667. The van der Waals surface area contributed by atoms with Crippen LogP contribution >= 0.6 is 0 Å². The number of anilines is 1. The van der Waals surface area contributed by atoms with E-state index in [2.05, 4.69) is 29.4 Å². The molecule has 0 aliphatic carbocycles. The molecule has 7 nitrogen and oxygen atoms in total. The number of ether oxygens (including phenoxy) is 2. The minimum Gasteiger partial charge on any atom is -0.486 e. The molecule has 0 saturated carbocycles. The molecule has 33 heavy (non-hydrogen) atoms. The van der Waals surface area contributed by atoms with Crippen LogP contribution in [0.4, 0.5) is 5.69 Å². The van der Waals surface area contributed by atoms with Gasteiger partial charge in [-0.2, -0.15) is 0 Å². The van der Waals surface area contributed by atoms with Crippen molar-refractivity contribution in [3.63, 3.8) is 0 Å². The molecule has 3 aliphatic heterocycles. The van der Waals surface area contributed by atoms with Crippen molar-refractivity contribution in [2.75, 3.05) is 37.7 Å². The molecule has 1 atom stereocenters. The molecule has 0 spiro atoms. The maximum atomic E-state index is 13.3. The summed E-state index contributed by atoms with van der Waals surface area (Å²) in [6.45, 7) is 2.91. The zero-order valence-electron chi connectivity index (χ0n) is 18.5. The van der Waals surface area contributed by atoms with Gasteiger partial charge in [-0.1, -0.05) is 18.2 Å². The van der Waals surface area contributed by atoms with E-state index < -0.39 is 0 Å². The lowest BCUT2D eigenvalue weighted by molar-refractivity contribution is -0.136. The highest BCUT2D eigenvalue weighted by atomic mass is 16.6. The van der Waals surface area contributed by atoms with E-state index in [-0.39, 0.29) is 24.2 Å². The smallest absolute Gasteiger partial charge is 0.228 e. The van der Waals surface area contributed by atoms with Gasteiger partial charge in [-0.3, -0.25) is 9.59 Å². The molecule has 4 heterocycles. The molecular formula is C26H27N3O4. The van der Waals surface area contributed by atoms with E-state index in [4.69, 9.17) is 9.47 Å². The number of hydrogen-bond acceptors (Lipinski definition) is 4. The number of nitrogens with zero attached hydrogens (tertiary/aromatic N) is 2. The average Bonchev–Trinajstić information content (AvgIpc) is 3.47. The second-order valence-electron chi connectivity index (χ2n) is 9.12. The summed E-state index contributed by atoms with van der Waals surface area (Å²) in [7, 11) is 0. The van der Waals surface area contributed by atoms with E-state index in [0.29, 0.717) is 37.2 Å². The number of para-hydroxylation sites is 1. The first-order chi connectivity index (χ1) is 16.2. The number of nitrogens with one attached hydrogen (secondary N) is 1. The van der Waals surface area contributed by atoms with Crippen molar-refractivity contribution < 1.29 is 19.1 Å². The lowest BCUT2D eigenvalue weighted by Gasteiger charge is -2.33. The van der Waals surface area contributed by atoms with E-state index in [1.54, 1.807) is 4.90 Å². The SMILES string of the molecule is O=C(C1CC(=O)N(c2ccc3c(c2)OCCO3)C1)N1CCC(c2c[nH]c3ccccc23)CC1. The second-order valence-corrected chi connectivity index (χ2v) is 9.12. The summed E-state index contributed by atoms with van der Waals surface area (Å²) in [6, 6.07) is 13.9. The fraction of sp³-hybridized carbons (Fsp3) is 0.385. The Morgan fingerprint density at radius 3 is 2.64 bits per heavy atom. The molecule has 7 heteroatoms. The van der Waals surface area contributed by atoms with Crippen molar-refractivity contribution in [2.45, 2.75) is 25.2 Å². The zero-order valence-corrected chi connectivity index (χ0v) is 18.5. The van der Waals surface area contributed by atoms with Crippen LogP contribution in [-0.2, 0) is 9.59 Å². The molecule has 0 radical (unpaired) electrons. The minimum absolute atomic E-state index is 0.0151. The molecule has 1 aromatic heterocycles. The fourth-order valence-electron chi connectivity index (χ4n) is 5.42. The molecule has 2 fully saturated rings. The Hall–Kier alpha value is -3.48. The van der Waals surface area contributed by atoms with Gasteiger partial charge in [-0.15, -0.1) is 0 Å². The minimum atomic E-state index is -0.296. The molecule has 2 aromatic carbocycles. The van der Waals surface area contributed by atoms with Gasteiger partial charge in [0.15, 0.2) is 11.5 Å². The van der Waals surface area contributed by atoms with Gasteiger partial charge in [0.25, 0.3) is 0 Å². The summed E-state index contributed by atoms with van der Waals surface area (Å²) in [4.78, 5) is 33.0. The number of amides is 2. The van der Waals surface area contributed by atoms with Crippen LogP contribution in [0.15, 0.2) is 48.7 Å². The summed E-state index contributed by atoms with van der Waals surface area (Å²) < 4.78 is 11.2. The lowest BCUT2D eigenvalue weighted by atomic mass is 9.88. The zero-order chi connectivity index (χ0) is 22.4. The fourth-order valence-corrected chi connectivity index (χ4v) is 5.42. The summed E-state index contributed by atoms with van der Waals surface area (Å²) >= 11 is 0. The first-order valence-corrected chi connectivity index (χ1v) is 11.7. The molecular weight excluding hydrogens is 418 g/mol. The van der Waals surface area contributed by atoms with Gasteiger partial charge in [0, 0.05) is 54.9 Å². The van der Waals surface area contributed by atoms with E-state index >= 15 is 0 Å². The number of piperidine rings is 1. The van der Waals surface area contributed by atoms with Crippen molar-refractivity contribution in [3.05, 3.63) is 54.2 Å². The van der Waals surface area contributed by atoms with Gasteiger partial charge in [0.2, 0.25) is 11.8 Å². The number of hydrogen-bond donors (Lipinski definition) is 1. The molecule has 2 saturated heterocycles. The Balaban J connectivity index is 1.11. The van der Waals surface area contributed by atoms with E-state index in [1.165, 1.54) is 10.9 Å². The lowest BCUT2D eigenvalue weighted by Crippen LogP contribution is -2.42. The third-order valence-electron chi connectivity index (χ3n) is 7.18. The number of carbonyl (C=O) groups excluding carboxylic acids is 2. The van der Waals surface area contributed by atoms with Crippen LogP contribution in [-0.4, -0.2) is 54.5 Å². The summed E-state index contributed by atoms with van der Waals surface area (Å²) in [5, 5.41) is 1.28. The number of rotatable bonds is 3. The van der Waals surface area contributed by atoms with Crippen molar-refractivity contribution in [3.8, 4) is 11.5 Å². The number of benzene rings is 2. The topological polar surface area (TPSA) is 74.9 Å². The van der Waals surface area contributed by atoms with Crippen LogP contribution in [0.1, 0.15) is 30.7 Å². The maximum Gasteiger partial charge on any atom is 0.228 e. The molecule has 6 rings (SSSR count). The number of aromatic nitrogens is 1. The molecule has 2 amide bonds. The van der Waals surface area contributed by atoms with Crippen molar-refractivity contribution in [2.24, 2.45) is 5.92 Å². The molecule has 1 unspecified atom stereocenters. The van der Waals surface area contributed by atoms with Gasteiger partial charge >= 0.3 is 0 Å². The Labute approximate surface area is 192 Å². The van der Waals surface area contributed by atoms with Crippen LogP contribution in [0.5, 0.6) is 11.5 Å². The monoisotopic (exact) mass is 445 g/mol. The van der Waals surface area contributed by atoms with Crippen LogP contribution in [0.3, 0.4) is 0 Å². The Bertz CT molecular complexity index is 1210. The third-order valence-corrected chi connectivity index (χ3v) is 7.18. The molecule has 170 valence electrons. The predicted molar refractivity (Wildman–Crippen MR) is 125 cm³/mol. The average molecular weight is 446 g/mol. The summed E-state index contributed by atoms with van der Waals surface area (Å²) in [5.74, 6) is 1.59. The molecule has 1 N–H and O–H groups in total. The van der Waals surface area contributed by atoms with Crippen LogP contribution < -0.4 is 14.4 Å². The first-order valence-electron chi connectivity index (χ1n) is 11.7. The number of aromatic amines is 1. The highest BCUT2D eigenvalue weighted by Gasteiger charge is 2.38. The Morgan fingerprint density at radius 1 is 1.00 bits per heavy atom. The molecule has 0 bridgehead atoms. The van der Waals surface area contributed by atoms with Crippen LogP contribution in [0.2, 0.25) is 0 Å². The third kappa shape index (κ3) is 3.61. The van der Waals surface area contributed by atoms with E-state index in [1.807, 2.05) is 29.2 Å². The maximum absolute atomic E-state index is 13.3. The van der Waals surface area contributed by atoms with Gasteiger partial charge in [-0.05, 0) is 42.5 Å². The predicted octanol–water partition coefficient (Wildman–Crippen LogP) is 3.70. The summed E-state index contributed by atoms with van der Waals surface area (Å²) in [5.41, 5.74) is 3.27. The van der Waals surface area contributed by atoms with Crippen LogP contribution in [0.25, 0.3) is 10.9 Å². The normalized spacial score (nSPS) is 21.1. The Kier molecular flexibility index (Phi) is 4.97. The highest BCUT2D eigenvalue weighted by Crippen LogP contribution is 2.37. The largest absolute Gasteiger partial charge is 0.486 e.